The van der Waals surface area contributed by atoms with Crippen molar-refractivity contribution in [1.29, 1.82) is 0 Å². The van der Waals surface area contributed by atoms with Crippen LogP contribution in [0.3, 0.4) is 0 Å². The lowest BCUT2D eigenvalue weighted by molar-refractivity contribution is 0.327. The van der Waals surface area contributed by atoms with Crippen molar-refractivity contribution < 1.29 is 4.74 Å². The van der Waals surface area contributed by atoms with Crippen LogP contribution in [0.5, 0.6) is 5.75 Å². The summed E-state index contributed by atoms with van der Waals surface area (Å²) in [5, 5.41) is 0. The largest absolute Gasteiger partial charge is 0.493 e. The average molecular weight is 241 g/mol. The highest BCUT2D eigenvalue weighted by atomic mass is 35.5. The molecule has 0 atom stereocenters. The zero-order valence-corrected chi connectivity index (χ0v) is 11.6. The normalized spacial score (nSPS) is 11.6. The Labute approximate surface area is 104 Å². The lowest BCUT2D eigenvalue weighted by atomic mass is 9.84. The standard InChI is InChI=1S/C14H21ClO/c1-6-16-13-11(9-15)7-10(2)8-12(13)14(3,4)5/h7-8H,6,9H2,1-5H3. The van der Waals surface area contributed by atoms with E-state index in [0.29, 0.717) is 12.5 Å². The average Bonchev–Trinajstić information content (AvgIpc) is 2.18. The molecule has 1 rings (SSSR count). The number of rotatable bonds is 3. The van der Waals surface area contributed by atoms with Crippen molar-refractivity contribution in [3.05, 3.63) is 28.8 Å². The minimum Gasteiger partial charge on any atom is -0.493 e. The number of aryl methyl sites for hydroxylation is 1. The second-order valence-corrected chi connectivity index (χ2v) is 5.38. The van der Waals surface area contributed by atoms with Gasteiger partial charge in [0, 0.05) is 11.1 Å². The first-order chi connectivity index (χ1) is 7.40. The number of benzene rings is 1. The minimum absolute atomic E-state index is 0.0807. The maximum absolute atomic E-state index is 5.98. The first-order valence-corrected chi connectivity index (χ1v) is 6.26. The van der Waals surface area contributed by atoms with Gasteiger partial charge in [-0.3, -0.25) is 0 Å². The van der Waals surface area contributed by atoms with Crippen LogP contribution in [0.15, 0.2) is 12.1 Å². The van der Waals surface area contributed by atoms with Crippen LogP contribution < -0.4 is 4.74 Å². The molecule has 1 aromatic carbocycles. The van der Waals surface area contributed by atoms with Crippen molar-refractivity contribution in [2.24, 2.45) is 0 Å². The van der Waals surface area contributed by atoms with E-state index in [4.69, 9.17) is 16.3 Å². The van der Waals surface area contributed by atoms with Crippen molar-refractivity contribution in [3.8, 4) is 5.75 Å². The van der Waals surface area contributed by atoms with Crippen LogP contribution in [0.1, 0.15) is 44.4 Å². The van der Waals surface area contributed by atoms with Gasteiger partial charge in [0.2, 0.25) is 0 Å². The van der Waals surface area contributed by atoms with E-state index < -0.39 is 0 Å². The van der Waals surface area contributed by atoms with Gasteiger partial charge in [-0.25, -0.2) is 0 Å². The molecule has 0 N–H and O–H groups in total. The number of hydrogen-bond donors (Lipinski definition) is 0. The third-order valence-corrected chi connectivity index (χ3v) is 2.84. The van der Waals surface area contributed by atoms with E-state index in [0.717, 1.165) is 11.3 Å². The summed E-state index contributed by atoms with van der Waals surface area (Å²) in [5.41, 5.74) is 3.65. The molecule has 90 valence electrons. The number of halogens is 1. The van der Waals surface area contributed by atoms with Gasteiger partial charge in [0.05, 0.1) is 12.5 Å². The highest BCUT2D eigenvalue weighted by molar-refractivity contribution is 6.17. The predicted molar refractivity (Wildman–Crippen MR) is 70.6 cm³/mol. The van der Waals surface area contributed by atoms with Crippen molar-refractivity contribution in [3.63, 3.8) is 0 Å². The van der Waals surface area contributed by atoms with Gasteiger partial charge in [-0.1, -0.05) is 38.5 Å². The van der Waals surface area contributed by atoms with Crippen LogP contribution in [0.2, 0.25) is 0 Å². The quantitative estimate of drug-likeness (QED) is 0.711. The molecule has 2 heteroatoms. The van der Waals surface area contributed by atoms with Crippen molar-refractivity contribution in [2.45, 2.75) is 45.9 Å². The topological polar surface area (TPSA) is 9.23 Å². The Balaban J connectivity index is 3.38. The zero-order valence-electron chi connectivity index (χ0n) is 10.9. The fourth-order valence-electron chi connectivity index (χ4n) is 1.82. The summed E-state index contributed by atoms with van der Waals surface area (Å²) in [6, 6.07) is 4.30. The Kier molecular flexibility index (Phi) is 4.26. The van der Waals surface area contributed by atoms with E-state index >= 15 is 0 Å². The van der Waals surface area contributed by atoms with Crippen LogP contribution in [-0.4, -0.2) is 6.61 Å². The molecule has 0 radical (unpaired) electrons. The van der Waals surface area contributed by atoms with Gasteiger partial charge >= 0.3 is 0 Å². The maximum atomic E-state index is 5.98. The van der Waals surface area contributed by atoms with E-state index in [2.05, 4.69) is 39.8 Å². The summed E-state index contributed by atoms with van der Waals surface area (Å²) in [4.78, 5) is 0. The third-order valence-electron chi connectivity index (χ3n) is 2.55. The molecule has 0 aliphatic heterocycles. The molecule has 0 spiro atoms. The molecule has 0 saturated carbocycles. The fraction of sp³-hybridized carbons (Fsp3) is 0.571. The molecule has 0 aromatic heterocycles. The van der Waals surface area contributed by atoms with Crippen LogP contribution in [0.4, 0.5) is 0 Å². The first kappa shape index (κ1) is 13.4. The highest BCUT2D eigenvalue weighted by Crippen LogP contribution is 2.36. The molecule has 1 aromatic rings. The third kappa shape index (κ3) is 2.91. The molecule has 0 saturated heterocycles. The molecular weight excluding hydrogens is 220 g/mol. The van der Waals surface area contributed by atoms with Gasteiger partial charge in [-0.2, -0.15) is 0 Å². The summed E-state index contributed by atoms with van der Waals surface area (Å²) in [5.74, 6) is 1.47. The van der Waals surface area contributed by atoms with Crippen LogP contribution in [-0.2, 0) is 11.3 Å². The smallest absolute Gasteiger partial charge is 0.127 e. The van der Waals surface area contributed by atoms with Gasteiger partial charge in [0.15, 0.2) is 0 Å². The lowest BCUT2D eigenvalue weighted by Gasteiger charge is -2.25. The molecule has 0 aliphatic carbocycles. The second-order valence-electron chi connectivity index (χ2n) is 5.12. The summed E-state index contributed by atoms with van der Waals surface area (Å²) < 4.78 is 5.76. The molecule has 0 unspecified atom stereocenters. The first-order valence-electron chi connectivity index (χ1n) is 5.73. The second kappa shape index (κ2) is 5.09. The number of hydrogen-bond acceptors (Lipinski definition) is 1. The summed E-state index contributed by atoms with van der Waals surface area (Å²) >= 11 is 5.98. The van der Waals surface area contributed by atoms with Gasteiger partial charge in [0.1, 0.15) is 5.75 Å². The highest BCUT2D eigenvalue weighted by Gasteiger charge is 2.21. The fourth-order valence-corrected chi connectivity index (χ4v) is 2.02. The Morgan fingerprint density at radius 1 is 1.25 bits per heavy atom. The Bertz CT molecular complexity index is 364. The monoisotopic (exact) mass is 240 g/mol. The number of alkyl halides is 1. The van der Waals surface area contributed by atoms with Gasteiger partial charge in [-0.05, 0) is 19.3 Å². The van der Waals surface area contributed by atoms with E-state index in [1.54, 1.807) is 0 Å². The van der Waals surface area contributed by atoms with Crippen LogP contribution >= 0.6 is 11.6 Å². The van der Waals surface area contributed by atoms with E-state index in [1.807, 2.05) is 6.92 Å². The Hall–Kier alpha value is -0.690. The predicted octanol–water partition coefficient (Wildman–Crippen LogP) is 4.43. The minimum atomic E-state index is 0.0807. The molecule has 0 aliphatic rings. The summed E-state index contributed by atoms with van der Waals surface area (Å²) in [7, 11) is 0. The SMILES string of the molecule is CCOc1c(CCl)cc(C)cc1C(C)(C)C. The molecular formula is C14H21ClO. The van der Waals surface area contributed by atoms with Crippen LogP contribution in [0, 0.1) is 6.92 Å². The van der Waals surface area contributed by atoms with E-state index in [-0.39, 0.29) is 5.41 Å². The lowest BCUT2D eigenvalue weighted by Crippen LogP contribution is -2.15. The molecule has 0 bridgehead atoms. The zero-order chi connectivity index (χ0) is 12.3. The molecule has 16 heavy (non-hydrogen) atoms. The summed E-state index contributed by atoms with van der Waals surface area (Å²) in [6.45, 7) is 11.4. The maximum Gasteiger partial charge on any atom is 0.127 e. The van der Waals surface area contributed by atoms with Crippen molar-refractivity contribution >= 4 is 11.6 Å². The molecule has 0 fully saturated rings. The number of ether oxygens (including phenoxy) is 1. The molecule has 0 amide bonds. The van der Waals surface area contributed by atoms with E-state index in [9.17, 15) is 0 Å². The van der Waals surface area contributed by atoms with Gasteiger partial charge < -0.3 is 4.74 Å². The van der Waals surface area contributed by atoms with E-state index in [1.165, 1.54) is 11.1 Å². The summed E-state index contributed by atoms with van der Waals surface area (Å²) in [6.07, 6.45) is 0. The molecule has 1 nitrogen and oxygen atoms in total. The Morgan fingerprint density at radius 3 is 2.31 bits per heavy atom. The Morgan fingerprint density at radius 2 is 1.88 bits per heavy atom. The van der Waals surface area contributed by atoms with Crippen molar-refractivity contribution in [1.82, 2.24) is 0 Å². The molecule has 0 heterocycles. The van der Waals surface area contributed by atoms with Crippen LogP contribution in [0.25, 0.3) is 0 Å². The van der Waals surface area contributed by atoms with Crippen molar-refractivity contribution in [2.75, 3.05) is 6.61 Å². The van der Waals surface area contributed by atoms with Gasteiger partial charge in [0.25, 0.3) is 0 Å². The van der Waals surface area contributed by atoms with Gasteiger partial charge in [-0.15, -0.1) is 11.6 Å².